The van der Waals surface area contributed by atoms with Crippen molar-refractivity contribution in [3.63, 3.8) is 0 Å². The molecule has 0 aliphatic rings. The average molecular weight is 155 g/mol. The van der Waals surface area contributed by atoms with E-state index in [1.165, 1.54) is 0 Å². The lowest BCUT2D eigenvalue weighted by atomic mass is 10.3. The van der Waals surface area contributed by atoms with E-state index in [2.05, 4.69) is 0 Å². The van der Waals surface area contributed by atoms with Crippen LogP contribution in [-0.2, 0) is 9.59 Å². The van der Waals surface area contributed by atoms with E-state index in [-0.39, 0.29) is 0 Å². The zero-order valence-corrected chi connectivity index (χ0v) is 4.51. The van der Waals surface area contributed by atoms with Crippen LogP contribution < -0.4 is 5.11 Å². The summed E-state index contributed by atoms with van der Waals surface area (Å²) < 4.78 is 34.0. The smallest absolute Gasteiger partial charge is 0.299 e. The molecule has 58 valence electrons. The van der Waals surface area contributed by atoms with E-state index in [4.69, 9.17) is 0 Å². The van der Waals surface area contributed by atoms with Crippen molar-refractivity contribution in [3.05, 3.63) is 0 Å². The monoisotopic (exact) mass is 155 g/mol. The van der Waals surface area contributed by atoms with Crippen molar-refractivity contribution in [1.82, 2.24) is 0 Å². The predicted octanol–water partition coefficient (Wildman–Crippen LogP) is -1.09. The maximum Gasteiger partial charge on any atom is 0.299 e. The molecule has 1 atom stereocenters. The number of carboxylic acid groups (broad SMARTS) is 1. The Morgan fingerprint density at radius 1 is 1.20 bits per heavy atom. The Bertz CT molecular complexity index is 156. The summed E-state index contributed by atoms with van der Waals surface area (Å²) in [7, 11) is 0. The normalized spacial score (nSPS) is 13.2. The van der Waals surface area contributed by atoms with Crippen LogP contribution in [-0.4, -0.2) is 24.3 Å². The standard InChI is InChI=1S/C4H3F3O3/c5-1(4(9)10)2(8)3(6)7/h1,3H,(H,9,10)/p-1. The molecule has 0 fully saturated rings. The van der Waals surface area contributed by atoms with Crippen LogP contribution in [0.4, 0.5) is 13.2 Å². The molecular weight excluding hydrogens is 153 g/mol. The van der Waals surface area contributed by atoms with E-state index in [1.54, 1.807) is 0 Å². The first kappa shape index (κ1) is 8.93. The molecule has 0 aromatic carbocycles. The van der Waals surface area contributed by atoms with E-state index in [9.17, 15) is 27.9 Å². The van der Waals surface area contributed by atoms with Gasteiger partial charge in [0.25, 0.3) is 6.43 Å². The summed E-state index contributed by atoms with van der Waals surface area (Å²) in [6.45, 7) is 0. The number of alkyl halides is 3. The fourth-order valence-electron chi connectivity index (χ4n) is 0.227. The summed E-state index contributed by atoms with van der Waals surface area (Å²) in [5.41, 5.74) is 0. The van der Waals surface area contributed by atoms with Gasteiger partial charge in [-0.05, 0) is 0 Å². The van der Waals surface area contributed by atoms with Crippen molar-refractivity contribution in [3.8, 4) is 0 Å². The molecule has 0 saturated carbocycles. The SMILES string of the molecule is O=C([O-])C(F)C(=O)C(F)F. The first-order chi connectivity index (χ1) is 4.46. The van der Waals surface area contributed by atoms with Crippen LogP contribution in [0.5, 0.6) is 0 Å². The number of rotatable bonds is 3. The highest BCUT2D eigenvalue weighted by Crippen LogP contribution is 2.01. The second-order valence-electron chi connectivity index (χ2n) is 1.38. The van der Waals surface area contributed by atoms with Crippen molar-refractivity contribution < 1.29 is 27.9 Å². The van der Waals surface area contributed by atoms with Crippen LogP contribution in [0.3, 0.4) is 0 Å². The van der Waals surface area contributed by atoms with Crippen LogP contribution >= 0.6 is 0 Å². The quantitative estimate of drug-likeness (QED) is 0.486. The van der Waals surface area contributed by atoms with E-state index in [1.807, 2.05) is 0 Å². The summed E-state index contributed by atoms with van der Waals surface area (Å²) in [6, 6.07) is 0. The minimum Gasteiger partial charge on any atom is -0.546 e. The van der Waals surface area contributed by atoms with Gasteiger partial charge in [-0.25, -0.2) is 13.2 Å². The second-order valence-corrected chi connectivity index (χ2v) is 1.38. The zero-order chi connectivity index (χ0) is 8.31. The summed E-state index contributed by atoms with van der Waals surface area (Å²) in [5, 5.41) is 9.40. The molecule has 1 unspecified atom stereocenters. The Kier molecular flexibility index (Phi) is 2.85. The maximum absolute atomic E-state index is 11.7. The summed E-state index contributed by atoms with van der Waals surface area (Å²) in [6.07, 6.45) is -6.83. The summed E-state index contributed by atoms with van der Waals surface area (Å²) >= 11 is 0. The van der Waals surface area contributed by atoms with E-state index in [0.29, 0.717) is 0 Å². The number of carbonyl (C=O) groups is 2. The summed E-state index contributed by atoms with van der Waals surface area (Å²) in [4.78, 5) is 19.1. The highest BCUT2D eigenvalue weighted by molar-refractivity contribution is 6.01. The van der Waals surface area contributed by atoms with Gasteiger partial charge in [-0.2, -0.15) is 0 Å². The number of carbonyl (C=O) groups excluding carboxylic acids is 2. The molecule has 0 N–H and O–H groups in total. The van der Waals surface area contributed by atoms with Gasteiger partial charge >= 0.3 is 0 Å². The van der Waals surface area contributed by atoms with Crippen molar-refractivity contribution in [2.45, 2.75) is 12.6 Å². The highest BCUT2D eigenvalue weighted by Gasteiger charge is 2.26. The maximum atomic E-state index is 11.7. The molecule has 0 aliphatic carbocycles. The molecule has 0 amide bonds. The minimum atomic E-state index is -3.60. The minimum absolute atomic E-state index is 2.28. The van der Waals surface area contributed by atoms with E-state index < -0.39 is 24.3 Å². The van der Waals surface area contributed by atoms with Gasteiger partial charge in [0.05, 0.1) is 5.97 Å². The molecule has 0 aromatic heterocycles. The molecule has 0 radical (unpaired) electrons. The Morgan fingerprint density at radius 3 is 1.70 bits per heavy atom. The third-order valence-electron chi connectivity index (χ3n) is 0.672. The number of Topliss-reactive ketones (excluding diaryl/α,β-unsaturated/α-hetero) is 1. The summed E-state index contributed by atoms with van der Waals surface area (Å²) in [5.74, 6) is -4.72. The van der Waals surface area contributed by atoms with Crippen LogP contribution in [0.15, 0.2) is 0 Å². The third-order valence-corrected chi connectivity index (χ3v) is 0.672. The molecule has 0 heterocycles. The first-order valence-electron chi connectivity index (χ1n) is 2.13. The number of hydrogen-bond donors (Lipinski definition) is 0. The van der Waals surface area contributed by atoms with Crippen LogP contribution in [0.25, 0.3) is 0 Å². The highest BCUT2D eigenvalue weighted by atomic mass is 19.3. The number of carboxylic acids is 1. The molecule has 3 nitrogen and oxygen atoms in total. The Balaban J connectivity index is 4.08. The van der Waals surface area contributed by atoms with Crippen LogP contribution in [0, 0.1) is 0 Å². The first-order valence-corrected chi connectivity index (χ1v) is 2.13. The zero-order valence-electron chi connectivity index (χ0n) is 4.51. The third kappa shape index (κ3) is 2.04. The van der Waals surface area contributed by atoms with Crippen molar-refractivity contribution >= 4 is 11.8 Å². The molecule has 0 bridgehead atoms. The fraction of sp³-hybridized carbons (Fsp3) is 0.500. The molecule has 0 aliphatic heterocycles. The van der Waals surface area contributed by atoms with Gasteiger partial charge in [0.1, 0.15) is 0 Å². The fourth-order valence-corrected chi connectivity index (χ4v) is 0.227. The van der Waals surface area contributed by atoms with Gasteiger partial charge in [0.2, 0.25) is 12.0 Å². The molecule has 0 spiro atoms. The number of hydrogen-bond acceptors (Lipinski definition) is 3. The molecule has 6 heteroatoms. The lowest BCUT2D eigenvalue weighted by Crippen LogP contribution is -2.40. The molecule has 10 heavy (non-hydrogen) atoms. The Morgan fingerprint density at radius 2 is 1.60 bits per heavy atom. The van der Waals surface area contributed by atoms with Gasteiger partial charge in [-0.15, -0.1) is 0 Å². The van der Waals surface area contributed by atoms with Crippen molar-refractivity contribution in [2.75, 3.05) is 0 Å². The van der Waals surface area contributed by atoms with Gasteiger partial charge in [0.15, 0.2) is 0 Å². The predicted molar refractivity (Wildman–Crippen MR) is 20.9 cm³/mol. The molecular formula is C4H2F3O3-. The van der Waals surface area contributed by atoms with Gasteiger partial charge in [-0.1, -0.05) is 0 Å². The molecule has 0 aromatic rings. The Hall–Kier alpha value is -1.07. The van der Waals surface area contributed by atoms with Crippen molar-refractivity contribution in [1.29, 1.82) is 0 Å². The van der Waals surface area contributed by atoms with Gasteiger partial charge in [0, 0.05) is 0 Å². The van der Waals surface area contributed by atoms with Crippen LogP contribution in [0.1, 0.15) is 0 Å². The lowest BCUT2D eigenvalue weighted by molar-refractivity contribution is -0.310. The number of aliphatic carboxylic acids is 1. The van der Waals surface area contributed by atoms with Gasteiger partial charge in [-0.3, -0.25) is 4.79 Å². The second kappa shape index (κ2) is 3.19. The number of ketones is 1. The van der Waals surface area contributed by atoms with E-state index in [0.717, 1.165) is 0 Å². The number of halogens is 3. The van der Waals surface area contributed by atoms with E-state index >= 15 is 0 Å². The van der Waals surface area contributed by atoms with Crippen molar-refractivity contribution in [2.24, 2.45) is 0 Å². The largest absolute Gasteiger partial charge is 0.546 e. The Labute approximate surface area is 53.4 Å². The average Bonchev–Trinajstić information content (AvgIpc) is 1.84. The lowest BCUT2D eigenvalue weighted by Gasteiger charge is -2.05. The topological polar surface area (TPSA) is 57.2 Å². The van der Waals surface area contributed by atoms with Crippen LogP contribution in [0.2, 0.25) is 0 Å². The molecule has 0 saturated heterocycles. The molecule has 0 rings (SSSR count). The van der Waals surface area contributed by atoms with Gasteiger partial charge < -0.3 is 9.90 Å².